The third-order valence-corrected chi connectivity index (χ3v) is 3.49. The maximum absolute atomic E-state index is 12.8. The van der Waals surface area contributed by atoms with E-state index in [1.165, 1.54) is 7.11 Å². The summed E-state index contributed by atoms with van der Waals surface area (Å²) in [4.78, 5) is 12.8. The van der Waals surface area contributed by atoms with E-state index in [2.05, 4.69) is 13.5 Å². The van der Waals surface area contributed by atoms with Crippen LogP contribution >= 0.6 is 0 Å². The summed E-state index contributed by atoms with van der Waals surface area (Å²) in [7, 11) is 1.53. The number of ether oxygens (including phenoxy) is 2. The van der Waals surface area contributed by atoms with Gasteiger partial charge in [0.05, 0.1) is 12.6 Å². The monoisotopic (exact) mass is 302 g/mol. The van der Waals surface area contributed by atoms with Crippen LogP contribution in [0.25, 0.3) is 10.9 Å². The van der Waals surface area contributed by atoms with Crippen LogP contribution in [-0.2, 0) is 6.54 Å². The molecule has 0 amide bonds. The van der Waals surface area contributed by atoms with Crippen molar-refractivity contribution >= 4 is 16.6 Å². The summed E-state index contributed by atoms with van der Waals surface area (Å²) >= 11 is 0. The van der Waals surface area contributed by atoms with Gasteiger partial charge in [-0.15, -0.1) is 0 Å². The van der Waals surface area contributed by atoms with E-state index >= 15 is 0 Å². The zero-order chi connectivity index (χ0) is 16.1. The minimum absolute atomic E-state index is 0.203. The Kier molecular flexibility index (Phi) is 5.09. The molecular weight excluding hydrogens is 280 g/mol. The Morgan fingerprint density at radius 3 is 2.77 bits per heavy atom. The zero-order valence-electron chi connectivity index (χ0n) is 13.1. The molecule has 0 aliphatic heterocycles. The van der Waals surface area contributed by atoms with Gasteiger partial charge >= 0.3 is 0 Å². The lowest BCUT2D eigenvalue weighted by atomic mass is 10.1. The van der Waals surface area contributed by atoms with Crippen LogP contribution in [0.1, 0.15) is 19.8 Å². The number of rotatable bonds is 7. The molecule has 0 atom stereocenters. The minimum Gasteiger partial charge on any atom is -0.492 e. The number of hydrogen-bond acceptors (Lipinski definition) is 4. The van der Waals surface area contributed by atoms with E-state index in [0.717, 1.165) is 23.7 Å². The van der Waals surface area contributed by atoms with Crippen LogP contribution in [0.5, 0.6) is 11.5 Å². The van der Waals surface area contributed by atoms with E-state index in [1.54, 1.807) is 22.8 Å². The molecule has 1 heterocycles. The Labute approximate surface area is 130 Å². The zero-order valence-corrected chi connectivity index (χ0v) is 13.1. The van der Waals surface area contributed by atoms with Crippen molar-refractivity contribution in [3.63, 3.8) is 0 Å². The molecule has 118 valence electrons. The first-order valence-corrected chi connectivity index (χ1v) is 7.37. The number of methoxy groups -OCH3 is 1. The minimum atomic E-state index is -0.203. The van der Waals surface area contributed by atoms with Crippen LogP contribution in [0.2, 0.25) is 0 Å². The fourth-order valence-electron chi connectivity index (χ4n) is 2.43. The van der Waals surface area contributed by atoms with E-state index in [1.807, 2.05) is 6.07 Å². The molecule has 0 bridgehead atoms. The van der Waals surface area contributed by atoms with Crippen molar-refractivity contribution in [3.05, 3.63) is 41.2 Å². The standard InChI is InChI=1S/C17H22N2O3/c1-4-6-9-19-14-11-12(18)7-8-13(14)15(21-3)16(17(19)20)22-10-5-2/h5,7-8,11H,2,4,6,9-10,18H2,1,3H3. The summed E-state index contributed by atoms with van der Waals surface area (Å²) in [6, 6.07) is 5.44. The molecule has 0 aliphatic rings. The van der Waals surface area contributed by atoms with Gasteiger partial charge in [-0.2, -0.15) is 0 Å². The van der Waals surface area contributed by atoms with Gasteiger partial charge in [0, 0.05) is 17.6 Å². The Morgan fingerprint density at radius 1 is 1.36 bits per heavy atom. The number of unbranched alkanes of at least 4 members (excludes halogenated alkanes) is 1. The Balaban J connectivity index is 2.77. The first-order chi connectivity index (χ1) is 10.6. The molecule has 1 aromatic carbocycles. The number of pyridine rings is 1. The number of aryl methyl sites for hydroxylation is 1. The quantitative estimate of drug-likeness (QED) is 0.631. The third-order valence-electron chi connectivity index (χ3n) is 3.49. The van der Waals surface area contributed by atoms with Crippen molar-refractivity contribution in [1.29, 1.82) is 0 Å². The van der Waals surface area contributed by atoms with Gasteiger partial charge in [-0.1, -0.05) is 26.0 Å². The molecule has 5 nitrogen and oxygen atoms in total. The lowest BCUT2D eigenvalue weighted by Gasteiger charge is -2.17. The van der Waals surface area contributed by atoms with Crippen LogP contribution < -0.4 is 20.8 Å². The van der Waals surface area contributed by atoms with Gasteiger partial charge in [-0.25, -0.2) is 0 Å². The molecule has 0 spiro atoms. The molecule has 0 fully saturated rings. The molecule has 0 saturated heterocycles. The topological polar surface area (TPSA) is 66.5 Å². The van der Waals surface area contributed by atoms with Crippen molar-refractivity contribution in [1.82, 2.24) is 4.57 Å². The first-order valence-electron chi connectivity index (χ1n) is 7.37. The largest absolute Gasteiger partial charge is 0.492 e. The second kappa shape index (κ2) is 7.02. The summed E-state index contributed by atoms with van der Waals surface area (Å²) in [5.74, 6) is 0.658. The number of aromatic nitrogens is 1. The number of nitrogen functional groups attached to an aromatic ring is 1. The number of anilines is 1. The summed E-state index contributed by atoms with van der Waals surface area (Å²) < 4.78 is 12.7. The highest BCUT2D eigenvalue weighted by molar-refractivity contribution is 5.90. The number of nitrogens with zero attached hydrogens (tertiary/aromatic N) is 1. The highest BCUT2D eigenvalue weighted by Gasteiger charge is 2.18. The lowest BCUT2D eigenvalue weighted by molar-refractivity contribution is 0.321. The number of benzene rings is 1. The molecule has 2 rings (SSSR count). The van der Waals surface area contributed by atoms with E-state index in [9.17, 15) is 4.79 Å². The molecule has 2 N–H and O–H groups in total. The van der Waals surface area contributed by atoms with Crippen molar-refractivity contribution in [2.75, 3.05) is 19.5 Å². The smallest absolute Gasteiger partial charge is 0.297 e. The number of fused-ring (bicyclic) bond motifs is 1. The Bertz CT molecular complexity index is 735. The van der Waals surface area contributed by atoms with Crippen molar-refractivity contribution in [2.45, 2.75) is 26.3 Å². The van der Waals surface area contributed by atoms with Crippen molar-refractivity contribution in [2.24, 2.45) is 0 Å². The Morgan fingerprint density at radius 2 is 2.14 bits per heavy atom. The van der Waals surface area contributed by atoms with Gasteiger partial charge < -0.3 is 19.8 Å². The third kappa shape index (κ3) is 2.93. The normalized spacial score (nSPS) is 10.6. The van der Waals surface area contributed by atoms with E-state index in [-0.39, 0.29) is 17.9 Å². The molecular formula is C17H22N2O3. The number of nitrogens with two attached hydrogens (primary N) is 1. The summed E-state index contributed by atoms with van der Waals surface area (Å²) in [6.07, 6.45) is 3.49. The lowest BCUT2D eigenvalue weighted by Crippen LogP contribution is -2.23. The van der Waals surface area contributed by atoms with Gasteiger partial charge in [0.15, 0.2) is 5.75 Å². The molecule has 2 aromatic rings. The highest BCUT2D eigenvalue weighted by atomic mass is 16.5. The predicted molar refractivity (Wildman–Crippen MR) is 89.8 cm³/mol. The van der Waals surface area contributed by atoms with Crippen LogP contribution in [0.4, 0.5) is 5.69 Å². The van der Waals surface area contributed by atoms with E-state index in [0.29, 0.717) is 18.0 Å². The molecule has 5 heteroatoms. The van der Waals surface area contributed by atoms with E-state index < -0.39 is 0 Å². The average Bonchev–Trinajstić information content (AvgIpc) is 2.52. The molecule has 22 heavy (non-hydrogen) atoms. The van der Waals surface area contributed by atoms with Gasteiger partial charge in [0.1, 0.15) is 6.61 Å². The van der Waals surface area contributed by atoms with Crippen molar-refractivity contribution in [3.8, 4) is 11.5 Å². The van der Waals surface area contributed by atoms with Gasteiger partial charge in [0.25, 0.3) is 5.56 Å². The maximum Gasteiger partial charge on any atom is 0.297 e. The van der Waals surface area contributed by atoms with Gasteiger partial charge in [-0.3, -0.25) is 4.79 Å². The van der Waals surface area contributed by atoms with E-state index in [4.69, 9.17) is 15.2 Å². The molecule has 0 aliphatic carbocycles. The van der Waals surface area contributed by atoms with Crippen LogP contribution in [-0.4, -0.2) is 18.3 Å². The van der Waals surface area contributed by atoms with Crippen LogP contribution in [0, 0.1) is 0 Å². The first kappa shape index (κ1) is 15.9. The fraction of sp³-hybridized carbons (Fsp3) is 0.353. The molecule has 1 aromatic heterocycles. The molecule has 0 unspecified atom stereocenters. The fourth-order valence-corrected chi connectivity index (χ4v) is 2.43. The second-order valence-corrected chi connectivity index (χ2v) is 5.05. The van der Waals surface area contributed by atoms with Crippen LogP contribution in [0.3, 0.4) is 0 Å². The second-order valence-electron chi connectivity index (χ2n) is 5.05. The number of hydrogen-bond donors (Lipinski definition) is 1. The van der Waals surface area contributed by atoms with Crippen molar-refractivity contribution < 1.29 is 9.47 Å². The van der Waals surface area contributed by atoms with Gasteiger partial charge in [-0.05, 0) is 24.6 Å². The summed E-state index contributed by atoms with van der Waals surface area (Å²) in [5.41, 5.74) is 7.05. The highest BCUT2D eigenvalue weighted by Crippen LogP contribution is 2.33. The van der Waals surface area contributed by atoms with Crippen LogP contribution in [0.15, 0.2) is 35.6 Å². The average molecular weight is 302 g/mol. The Hall–Kier alpha value is -2.43. The molecule has 0 radical (unpaired) electrons. The summed E-state index contributed by atoms with van der Waals surface area (Å²) in [6.45, 7) is 6.56. The summed E-state index contributed by atoms with van der Waals surface area (Å²) in [5, 5.41) is 0.812. The SMILES string of the molecule is C=CCOc1c(OC)c2ccc(N)cc2n(CCCC)c1=O. The molecule has 0 saturated carbocycles. The maximum atomic E-state index is 12.8. The van der Waals surface area contributed by atoms with Gasteiger partial charge in [0.2, 0.25) is 5.75 Å². The predicted octanol–water partition coefficient (Wildman–Crippen LogP) is 2.96.